The van der Waals surface area contributed by atoms with Gasteiger partial charge in [-0.2, -0.15) is 0 Å². The number of methoxy groups -OCH3 is 1. The molecule has 4 rings (SSSR count). The van der Waals surface area contributed by atoms with E-state index in [4.69, 9.17) is 14.2 Å². The first-order valence-electron chi connectivity index (χ1n) is 12.5. The van der Waals surface area contributed by atoms with E-state index in [2.05, 4.69) is 9.88 Å². The molecule has 3 aromatic rings. The molecule has 0 radical (unpaired) electrons. The molecule has 1 aromatic heterocycles. The summed E-state index contributed by atoms with van der Waals surface area (Å²) in [6.07, 6.45) is 3.71. The van der Waals surface area contributed by atoms with Crippen LogP contribution in [0.5, 0.6) is 17.2 Å². The first-order chi connectivity index (χ1) is 17.8. The normalized spacial score (nSPS) is 18.3. The predicted molar refractivity (Wildman–Crippen MR) is 140 cm³/mol. The molecule has 0 saturated carbocycles. The highest BCUT2D eigenvalue weighted by Crippen LogP contribution is 2.29. The molecule has 1 amide bonds. The minimum Gasteiger partial charge on any atom is -0.493 e. The molecule has 2 aromatic carbocycles. The van der Waals surface area contributed by atoms with E-state index in [1.165, 1.54) is 6.92 Å². The Labute approximate surface area is 218 Å². The second kappa shape index (κ2) is 12.1. The maximum absolute atomic E-state index is 12.2. The lowest BCUT2D eigenvalue weighted by molar-refractivity contribution is -0.132. The highest BCUT2D eigenvalue weighted by atomic mass is 16.5. The van der Waals surface area contributed by atoms with E-state index in [9.17, 15) is 9.90 Å². The number of imidazole rings is 1. The van der Waals surface area contributed by atoms with E-state index in [0.29, 0.717) is 56.6 Å². The number of amides is 1. The van der Waals surface area contributed by atoms with Gasteiger partial charge in [0, 0.05) is 45.5 Å². The average Bonchev–Trinajstić information content (AvgIpc) is 3.22. The van der Waals surface area contributed by atoms with Crippen LogP contribution < -0.4 is 14.2 Å². The molecule has 2 heterocycles. The van der Waals surface area contributed by atoms with Gasteiger partial charge >= 0.3 is 0 Å². The van der Waals surface area contributed by atoms with Crippen LogP contribution in [-0.2, 0) is 17.9 Å². The van der Waals surface area contributed by atoms with Crippen molar-refractivity contribution in [2.45, 2.75) is 32.5 Å². The van der Waals surface area contributed by atoms with E-state index in [1.54, 1.807) is 18.2 Å². The van der Waals surface area contributed by atoms with Crippen LogP contribution in [0.3, 0.4) is 0 Å². The smallest absolute Gasteiger partial charge is 0.219 e. The number of carbonyl (C=O) groups excluding carboxylic acids is 1. The highest BCUT2D eigenvalue weighted by molar-refractivity contribution is 5.73. The number of ether oxygens (including phenoxy) is 3. The zero-order valence-corrected chi connectivity index (χ0v) is 21.8. The predicted octanol–water partition coefficient (Wildman–Crippen LogP) is 2.75. The Bertz CT molecular complexity index is 1170. The number of nitrogens with zero attached hydrogens (tertiary/aromatic N) is 4. The molecule has 9 heteroatoms. The number of β-amino-alcohol motifs (C(OH)–C–C–N with tert-alkyl or cyclic N) is 1. The average molecular weight is 509 g/mol. The fourth-order valence-corrected chi connectivity index (χ4v) is 4.55. The summed E-state index contributed by atoms with van der Waals surface area (Å²) in [4.78, 5) is 20.3. The number of rotatable bonds is 10. The van der Waals surface area contributed by atoms with Crippen LogP contribution in [0.1, 0.15) is 18.3 Å². The summed E-state index contributed by atoms with van der Waals surface area (Å²) in [6, 6.07) is 15.3. The molecule has 1 unspecified atom stereocenters. The lowest BCUT2D eigenvalue weighted by Crippen LogP contribution is -2.51. The van der Waals surface area contributed by atoms with Crippen molar-refractivity contribution in [2.75, 3.05) is 46.5 Å². The monoisotopic (exact) mass is 508 g/mol. The standard InChI is InChI=1S/C28H36N4O5/c1-22-29-11-12-31(22)15-16-36-26-10-9-24(17-27(26)35-3)18-30-13-14-32(23(2)33)20-28(34,19-30)21-37-25-7-5-4-6-8-25/h4-12,17,34H,13-16,18-21H2,1-3H3. The van der Waals surface area contributed by atoms with Gasteiger partial charge in [0.25, 0.3) is 0 Å². The number of hydrogen-bond donors (Lipinski definition) is 1. The van der Waals surface area contributed by atoms with Crippen LogP contribution >= 0.6 is 0 Å². The molecule has 198 valence electrons. The quantitative estimate of drug-likeness (QED) is 0.451. The van der Waals surface area contributed by atoms with Crippen molar-refractivity contribution in [1.29, 1.82) is 0 Å². The van der Waals surface area contributed by atoms with Crippen LogP contribution in [0.25, 0.3) is 0 Å². The van der Waals surface area contributed by atoms with Gasteiger partial charge in [-0.25, -0.2) is 4.98 Å². The van der Waals surface area contributed by atoms with E-state index in [0.717, 1.165) is 11.4 Å². The zero-order valence-electron chi connectivity index (χ0n) is 21.8. The molecule has 1 N–H and O–H groups in total. The van der Waals surface area contributed by atoms with Crippen LogP contribution in [0.4, 0.5) is 0 Å². The van der Waals surface area contributed by atoms with Crippen LogP contribution in [0.2, 0.25) is 0 Å². The number of aryl methyl sites for hydroxylation is 1. The van der Waals surface area contributed by atoms with E-state index >= 15 is 0 Å². The largest absolute Gasteiger partial charge is 0.493 e. The van der Waals surface area contributed by atoms with Crippen molar-refractivity contribution < 1.29 is 24.1 Å². The first-order valence-corrected chi connectivity index (χ1v) is 12.5. The van der Waals surface area contributed by atoms with Crippen LogP contribution in [0.15, 0.2) is 60.9 Å². The van der Waals surface area contributed by atoms with Gasteiger partial charge in [-0.3, -0.25) is 9.69 Å². The molecule has 0 bridgehead atoms. The molecule has 1 saturated heterocycles. The third-order valence-corrected chi connectivity index (χ3v) is 6.53. The summed E-state index contributed by atoms with van der Waals surface area (Å²) < 4.78 is 19.5. The minimum absolute atomic E-state index is 0.0611. The van der Waals surface area contributed by atoms with E-state index < -0.39 is 5.60 Å². The van der Waals surface area contributed by atoms with Crippen molar-refractivity contribution in [3.8, 4) is 17.2 Å². The summed E-state index contributed by atoms with van der Waals surface area (Å²) in [6.45, 7) is 7.12. The molecule has 1 fully saturated rings. The van der Waals surface area contributed by atoms with E-state index in [-0.39, 0.29) is 19.1 Å². The molecule has 1 aliphatic heterocycles. The number of aliphatic hydroxyl groups is 1. The van der Waals surface area contributed by atoms with Crippen molar-refractivity contribution in [2.24, 2.45) is 0 Å². The Kier molecular flexibility index (Phi) is 8.68. The van der Waals surface area contributed by atoms with Gasteiger partial charge in [0.1, 0.15) is 30.4 Å². The van der Waals surface area contributed by atoms with E-state index in [1.807, 2.05) is 66.2 Å². The Morgan fingerprint density at radius 2 is 1.89 bits per heavy atom. The summed E-state index contributed by atoms with van der Waals surface area (Å²) in [5.41, 5.74) is -0.186. The summed E-state index contributed by atoms with van der Waals surface area (Å²) in [5, 5.41) is 11.5. The summed E-state index contributed by atoms with van der Waals surface area (Å²) >= 11 is 0. The molecule has 1 atom stereocenters. The molecule has 37 heavy (non-hydrogen) atoms. The Morgan fingerprint density at radius 3 is 2.59 bits per heavy atom. The van der Waals surface area contributed by atoms with Gasteiger partial charge in [0.05, 0.1) is 20.2 Å². The topological polar surface area (TPSA) is 89.3 Å². The lowest BCUT2D eigenvalue weighted by atomic mass is 10.0. The fourth-order valence-electron chi connectivity index (χ4n) is 4.55. The number of benzene rings is 2. The third-order valence-electron chi connectivity index (χ3n) is 6.53. The van der Waals surface area contributed by atoms with Gasteiger partial charge in [0.15, 0.2) is 11.5 Å². The second-order valence-electron chi connectivity index (χ2n) is 9.48. The summed E-state index contributed by atoms with van der Waals surface area (Å²) in [7, 11) is 1.63. The summed E-state index contributed by atoms with van der Waals surface area (Å²) in [5.74, 6) is 2.90. The minimum atomic E-state index is -1.21. The third kappa shape index (κ3) is 7.24. The lowest BCUT2D eigenvalue weighted by Gasteiger charge is -2.32. The van der Waals surface area contributed by atoms with Crippen molar-refractivity contribution in [3.05, 3.63) is 72.3 Å². The van der Waals surface area contributed by atoms with Gasteiger partial charge in [0.2, 0.25) is 5.91 Å². The number of hydrogen-bond acceptors (Lipinski definition) is 7. The van der Waals surface area contributed by atoms with Gasteiger partial charge < -0.3 is 28.8 Å². The van der Waals surface area contributed by atoms with Gasteiger partial charge in [-0.15, -0.1) is 0 Å². The van der Waals surface area contributed by atoms with Crippen molar-refractivity contribution in [3.63, 3.8) is 0 Å². The molecule has 9 nitrogen and oxygen atoms in total. The Balaban J connectivity index is 1.41. The molecule has 1 aliphatic rings. The van der Waals surface area contributed by atoms with Gasteiger partial charge in [-0.1, -0.05) is 24.3 Å². The van der Waals surface area contributed by atoms with Crippen molar-refractivity contribution >= 4 is 5.91 Å². The number of carbonyl (C=O) groups is 1. The fraction of sp³-hybridized carbons (Fsp3) is 0.429. The highest BCUT2D eigenvalue weighted by Gasteiger charge is 2.37. The van der Waals surface area contributed by atoms with Gasteiger partial charge in [-0.05, 0) is 36.8 Å². The first kappa shape index (κ1) is 26.5. The zero-order chi connectivity index (χ0) is 26.3. The number of para-hydroxylation sites is 1. The van der Waals surface area contributed by atoms with Crippen LogP contribution in [0, 0.1) is 6.92 Å². The second-order valence-corrected chi connectivity index (χ2v) is 9.48. The Hall–Kier alpha value is -3.56. The SMILES string of the molecule is COc1cc(CN2CCN(C(C)=O)CC(O)(COc3ccccc3)C2)ccc1OCCn1ccnc1C. The molecule has 0 aliphatic carbocycles. The van der Waals surface area contributed by atoms with Crippen molar-refractivity contribution in [1.82, 2.24) is 19.4 Å². The maximum atomic E-state index is 12.2. The van der Waals surface area contributed by atoms with Crippen LogP contribution in [-0.4, -0.2) is 82.5 Å². The number of aromatic nitrogens is 2. The molecular formula is C28H36N4O5. The maximum Gasteiger partial charge on any atom is 0.219 e. The molecule has 0 spiro atoms. The molecular weight excluding hydrogens is 472 g/mol. The Morgan fingerprint density at radius 1 is 1.08 bits per heavy atom.